The minimum Gasteiger partial charge on any atom is -0.479 e. The van der Waals surface area contributed by atoms with Gasteiger partial charge in [-0.1, -0.05) is 5.16 Å². The summed E-state index contributed by atoms with van der Waals surface area (Å²) in [7, 11) is -3.11. The second kappa shape index (κ2) is 13.2. The molecule has 0 aliphatic carbocycles. The lowest BCUT2D eigenvalue weighted by Gasteiger charge is -2.45. The summed E-state index contributed by atoms with van der Waals surface area (Å²) in [6.07, 6.45) is 0. The number of nitrogens with one attached hydrogen (secondary N) is 2. The number of aliphatic carboxylic acids is 1. The van der Waals surface area contributed by atoms with Crippen molar-refractivity contribution in [1.82, 2.24) is 20.6 Å². The molecule has 1 aliphatic rings. The lowest BCUT2D eigenvalue weighted by molar-refractivity contribution is -0.142. The predicted octanol–water partition coefficient (Wildman–Crippen LogP) is -0.953. The Hall–Kier alpha value is -2.74. The molecule has 5 N–H and O–H groups in total. The van der Waals surface area contributed by atoms with Crippen molar-refractivity contribution in [3.63, 3.8) is 0 Å². The largest absolute Gasteiger partial charge is 0.479 e. The first-order chi connectivity index (χ1) is 14.9. The van der Waals surface area contributed by atoms with E-state index in [0.717, 1.165) is 16.3 Å². The third kappa shape index (κ3) is 7.94. The summed E-state index contributed by atoms with van der Waals surface area (Å²) in [5.74, 6) is -2.40. The molecule has 0 radical (unpaired) electrons. The van der Waals surface area contributed by atoms with Crippen LogP contribution in [0.1, 0.15) is 23.3 Å². The smallest absolute Gasteiger partial charge is 0.425 e. The molecule has 3 heterocycles. The molecule has 0 saturated carbocycles. The highest BCUT2D eigenvalue weighted by molar-refractivity contribution is 7.59. The molecule has 188 valence electrons. The molecule has 2 atom stereocenters. The van der Waals surface area contributed by atoms with Crippen LogP contribution in [0.2, 0.25) is 0 Å². The molecule has 1 saturated heterocycles. The summed E-state index contributed by atoms with van der Waals surface area (Å²) < 4.78 is 25.3. The number of nitrogens with two attached hydrogens (primary N) is 1. The highest BCUT2D eigenvalue weighted by Gasteiger charge is 2.53. The molecule has 2 amide bonds. The van der Waals surface area contributed by atoms with E-state index in [1.807, 2.05) is 6.92 Å². The van der Waals surface area contributed by atoms with E-state index in [1.54, 1.807) is 12.3 Å². The van der Waals surface area contributed by atoms with Crippen LogP contribution < -0.4 is 16.4 Å². The molecule has 1 fully saturated rings. The highest BCUT2D eigenvalue weighted by atomic mass is 32.2. The number of carboxylic acids is 1. The number of carboxylic acid groups (broad SMARTS) is 1. The average Bonchev–Trinajstić information content (AvgIpc) is 3.31. The van der Waals surface area contributed by atoms with Crippen LogP contribution in [-0.2, 0) is 35.4 Å². The zero-order valence-electron chi connectivity index (χ0n) is 17.4. The lowest BCUT2D eigenvalue weighted by atomic mass is 9.80. The van der Waals surface area contributed by atoms with Gasteiger partial charge < -0.3 is 26.3 Å². The number of nitrogen functional groups attached to an aromatic ring is 1. The second-order valence-electron chi connectivity index (χ2n) is 6.23. The fourth-order valence-electron chi connectivity index (χ4n) is 2.56. The van der Waals surface area contributed by atoms with Gasteiger partial charge in [-0.2, -0.15) is 27.0 Å². The number of nitrogens with zero attached hydrogens (tertiary/aromatic N) is 3. The zero-order valence-corrected chi connectivity index (χ0v) is 21.8. The Labute approximate surface area is 216 Å². The van der Waals surface area contributed by atoms with Crippen LogP contribution in [0.3, 0.4) is 0 Å². The van der Waals surface area contributed by atoms with Crippen LogP contribution >= 0.6 is 49.7 Å². The molecule has 34 heavy (non-hydrogen) atoms. The van der Waals surface area contributed by atoms with Crippen molar-refractivity contribution < 1.29 is 37.0 Å². The van der Waals surface area contributed by atoms with Gasteiger partial charge >= 0.3 is 16.6 Å². The summed E-state index contributed by atoms with van der Waals surface area (Å²) in [6, 6.07) is -0.901. The number of hydrogen-bond donors (Lipinski definition) is 4. The van der Waals surface area contributed by atoms with Crippen LogP contribution in [0.25, 0.3) is 0 Å². The van der Waals surface area contributed by atoms with Crippen LogP contribution in [0.15, 0.2) is 15.9 Å². The maximum atomic E-state index is 12.8. The fraction of sp³-hybridized carbons (Fsp3) is 0.333. The first kappa shape index (κ1) is 31.3. The monoisotopic (exact) mass is 572 g/mol. The first-order valence-electron chi connectivity index (χ1n) is 8.39. The zero-order chi connectivity index (χ0) is 24.1. The summed E-state index contributed by atoms with van der Waals surface area (Å²) in [5.41, 5.74) is 5.15. The Bertz CT molecular complexity index is 1170. The van der Waals surface area contributed by atoms with Gasteiger partial charge in [-0.15, -0.1) is 35.3 Å². The Morgan fingerprint density at radius 1 is 1.29 bits per heavy atom. The van der Waals surface area contributed by atoms with Gasteiger partial charge in [0.05, 0.1) is 10.7 Å². The van der Waals surface area contributed by atoms with Gasteiger partial charge in [0, 0.05) is 10.8 Å². The van der Waals surface area contributed by atoms with Crippen LogP contribution in [-0.4, -0.2) is 63.8 Å². The number of hydrogen-bond acceptors (Lipinski definition) is 13. The number of carbonyl (C=O) groups excluding carboxylic acids is 2. The molecule has 2 aromatic heterocycles. The maximum absolute atomic E-state index is 12.8. The van der Waals surface area contributed by atoms with E-state index in [2.05, 4.69) is 30.6 Å². The molecule has 0 spiro atoms. The molecule has 14 nitrogen and oxygen atoms in total. The van der Waals surface area contributed by atoms with Crippen molar-refractivity contribution in [3.8, 4) is 0 Å². The number of thiazole rings is 2. The lowest BCUT2D eigenvalue weighted by Crippen LogP contribution is -2.75. The number of amides is 2. The van der Waals surface area contributed by atoms with Gasteiger partial charge in [0.25, 0.3) is 5.91 Å². The quantitative estimate of drug-likeness (QED) is 0.180. The van der Waals surface area contributed by atoms with E-state index >= 15 is 0 Å². The number of carbonyl (C=O) groups is 3. The summed E-state index contributed by atoms with van der Waals surface area (Å²) in [5, 5.41) is 21.9. The molecular weight excluding hydrogens is 553 g/mol. The average molecular weight is 573 g/mol. The number of β-lactam (4-membered cyclic amide) rings is 1. The van der Waals surface area contributed by atoms with E-state index in [0.29, 0.717) is 5.69 Å². The van der Waals surface area contributed by atoms with E-state index in [9.17, 15) is 14.4 Å². The van der Waals surface area contributed by atoms with Gasteiger partial charge in [0.15, 0.2) is 10.8 Å². The van der Waals surface area contributed by atoms with Crippen LogP contribution in [0.5, 0.6) is 0 Å². The Kier molecular flexibility index (Phi) is 12.2. The van der Waals surface area contributed by atoms with Crippen LogP contribution in [0.4, 0.5) is 5.13 Å². The molecule has 0 unspecified atom stereocenters. The Morgan fingerprint density at radius 2 is 1.91 bits per heavy atom. The summed E-state index contributed by atoms with van der Waals surface area (Å²) in [6.45, 7) is 2.84. The van der Waals surface area contributed by atoms with E-state index < -0.39 is 40.7 Å². The number of rotatable bonds is 7. The standard InChI is InChI=1S/C15H16N6O5S2.O3S.2H2S/c1-6-17-8(5-27-6)15(2)11(13(25)20-15)19-12(24)10(21-26-3-9(22)23)7-4-28-14(16)18-7;1-4(2)3;;/h4-5,11H,3H2,1-2H3,(H2,16,18)(H,19,24)(H,20,25)(H,22,23);;2*1H2/b21-10+;;;/t11-,15-;;;/m1.../s1. The molecule has 3 rings (SSSR count). The van der Waals surface area contributed by atoms with Gasteiger partial charge in [-0.25, -0.2) is 14.8 Å². The Balaban J connectivity index is 0.00000168. The molecule has 2 aromatic rings. The minimum atomic E-state index is -3.11. The van der Waals surface area contributed by atoms with Gasteiger partial charge in [-0.05, 0) is 13.8 Å². The topological polar surface area (TPSA) is 220 Å². The Morgan fingerprint density at radius 3 is 2.35 bits per heavy atom. The molecule has 0 aromatic carbocycles. The molecule has 0 bridgehead atoms. The van der Waals surface area contributed by atoms with Crippen molar-refractivity contribution >= 4 is 88.9 Å². The second-order valence-corrected chi connectivity index (χ2v) is 8.59. The number of aromatic nitrogens is 2. The molecular formula is C15H20N6O8S5. The van der Waals surface area contributed by atoms with Gasteiger partial charge in [-0.3, -0.25) is 9.59 Å². The minimum absolute atomic E-state index is 0. The van der Waals surface area contributed by atoms with E-state index in [1.165, 1.54) is 16.7 Å². The van der Waals surface area contributed by atoms with Gasteiger partial charge in [0.1, 0.15) is 17.3 Å². The van der Waals surface area contributed by atoms with Crippen LogP contribution in [0, 0.1) is 6.92 Å². The van der Waals surface area contributed by atoms with Crippen molar-refractivity contribution in [2.45, 2.75) is 25.4 Å². The SMILES string of the molecule is Cc1nc([C@@]2(C)NC(=O)[C@H]2NC(=O)/C(=N/OCC(=O)O)c2csc(N)n2)cs1.O=S(=O)=O.S.S. The van der Waals surface area contributed by atoms with E-state index in [4.69, 9.17) is 23.5 Å². The number of oxime groups is 1. The summed E-state index contributed by atoms with van der Waals surface area (Å²) >= 11 is 2.50. The fourth-order valence-corrected chi connectivity index (χ4v) is 3.84. The predicted molar refractivity (Wildman–Crippen MR) is 131 cm³/mol. The van der Waals surface area contributed by atoms with Crippen molar-refractivity contribution in [1.29, 1.82) is 0 Å². The van der Waals surface area contributed by atoms with Crippen molar-refractivity contribution in [3.05, 3.63) is 27.2 Å². The first-order valence-corrected chi connectivity index (χ1v) is 11.1. The van der Waals surface area contributed by atoms with Gasteiger partial charge in [0.2, 0.25) is 12.5 Å². The highest BCUT2D eigenvalue weighted by Crippen LogP contribution is 2.32. The van der Waals surface area contributed by atoms with Crippen molar-refractivity contribution in [2.75, 3.05) is 12.3 Å². The van der Waals surface area contributed by atoms with E-state index in [-0.39, 0.29) is 49.4 Å². The molecule has 19 heteroatoms. The van der Waals surface area contributed by atoms with Crippen molar-refractivity contribution in [2.24, 2.45) is 5.16 Å². The third-order valence-electron chi connectivity index (χ3n) is 3.97. The number of anilines is 1. The summed E-state index contributed by atoms with van der Waals surface area (Å²) in [4.78, 5) is 48.5. The normalized spacial score (nSPS) is 18.5. The number of aryl methyl sites for hydroxylation is 1. The molecule has 1 aliphatic heterocycles. The maximum Gasteiger partial charge on any atom is 0.425 e. The third-order valence-corrected chi connectivity index (χ3v) is 5.42.